The van der Waals surface area contributed by atoms with Crippen molar-refractivity contribution < 1.29 is 8.83 Å². The molecular weight excluding hydrogens is 274 g/mol. The molecule has 1 N–H and O–H groups in total. The Morgan fingerprint density at radius 2 is 2.15 bits per heavy atom. The lowest BCUT2D eigenvalue weighted by molar-refractivity contribution is 0.231. The molecule has 0 aliphatic heterocycles. The monoisotopic (exact) mass is 293 g/mol. The van der Waals surface area contributed by atoms with Gasteiger partial charge in [0.05, 0.1) is 6.54 Å². The normalized spacial score (nSPS) is 20.9. The zero-order chi connectivity index (χ0) is 14.3. The smallest absolute Gasteiger partial charge is 0.193 e. The number of fused-ring (bicyclic) bond motifs is 1. The van der Waals surface area contributed by atoms with Crippen LogP contribution in [0.1, 0.15) is 49.2 Å². The first-order chi connectivity index (χ1) is 9.43. The fourth-order valence-corrected chi connectivity index (χ4v) is 3.20. The molecule has 0 radical (unpaired) electrons. The van der Waals surface area contributed by atoms with Crippen molar-refractivity contribution in [3.63, 3.8) is 0 Å². The van der Waals surface area contributed by atoms with Gasteiger partial charge in [-0.25, -0.2) is 0 Å². The third-order valence-corrected chi connectivity index (χ3v) is 4.09. The van der Waals surface area contributed by atoms with Crippen molar-refractivity contribution in [2.45, 2.75) is 46.2 Å². The second kappa shape index (κ2) is 4.97. The average molecular weight is 294 g/mol. The van der Waals surface area contributed by atoms with Gasteiger partial charge in [-0.3, -0.25) is 0 Å². The zero-order valence-corrected chi connectivity index (χ0v) is 12.9. The Kier molecular flexibility index (Phi) is 3.43. The number of halogens is 1. The SMILES string of the molecule is Cc1cc2c(o1)CC(C)(C)CC2NCc1ccc(Cl)o1. The summed E-state index contributed by atoms with van der Waals surface area (Å²) in [7, 11) is 0. The molecule has 2 aromatic rings. The lowest BCUT2D eigenvalue weighted by atomic mass is 9.74. The molecule has 0 bridgehead atoms. The number of aryl methyl sites for hydroxylation is 1. The molecule has 0 fully saturated rings. The molecule has 1 aliphatic rings. The number of furan rings is 2. The topological polar surface area (TPSA) is 38.3 Å². The summed E-state index contributed by atoms with van der Waals surface area (Å²) in [5.41, 5.74) is 1.54. The van der Waals surface area contributed by atoms with Crippen LogP contribution in [-0.2, 0) is 13.0 Å². The molecule has 20 heavy (non-hydrogen) atoms. The van der Waals surface area contributed by atoms with Crippen LogP contribution in [0.4, 0.5) is 0 Å². The van der Waals surface area contributed by atoms with Crippen molar-refractivity contribution in [1.82, 2.24) is 5.32 Å². The van der Waals surface area contributed by atoms with Gasteiger partial charge >= 0.3 is 0 Å². The highest BCUT2D eigenvalue weighted by atomic mass is 35.5. The summed E-state index contributed by atoms with van der Waals surface area (Å²) >= 11 is 5.80. The highest BCUT2D eigenvalue weighted by molar-refractivity contribution is 6.28. The lowest BCUT2D eigenvalue weighted by Crippen LogP contribution is -2.32. The van der Waals surface area contributed by atoms with Crippen LogP contribution >= 0.6 is 11.6 Å². The zero-order valence-electron chi connectivity index (χ0n) is 12.1. The fraction of sp³-hybridized carbons (Fsp3) is 0.500. The summed E-state index contributed by atoms with van der Waals surface area (Å²) in [5, 5.41) is 4.00. The van der Waals surface area contributed by atoms with E-state index in [0.29, 0.717) is 17.8 Å². The molecule has 1 unspecified atom stereocenters. The molecule has 2 heterocycles. The van der Waals surface area contributed by atoms with E-state index in [0.717, 1.165) is 30.1 Å². The number of nitrogens with one attached hydrogen (secondary N) is 1. The minimum atomic E-state index is 0.246. The maximum absolute atomic E-state index is 5.84. The first-order valence-electron chi connectivity index (χ1n) is 7.00. The summed E-state index contributed by atoms with van der Waals surface area (Å²) in [6.45, 7) is 7.25. The van der Waals surface area contributed by atoms with Gasteiger partial charge in [0.15, 0.2) is 5.22 Å². The Morgan fingerprint density at radius 3 is 2.85 bits per heavy atom. The van der Waals surface area contributed by atoms with Gasteiger partial charge in [-0.2, -0.15) is 0 Å². The van der Waals surface area contributed by atoms with Crippen molar-refractivity contribution in [3.05, 3.63) is 46.3 Å². The Balaban J connectivity index is 1.78. The predicted molar refractivity (Wildman–Crippen MR) is 78.8 cm³/mol. The summed E-state index contributed by atoms with van der Waals surface area (Å²) in [6, 6.07) is 6.13. The Labute approximate surface area is 124 Å². The third kappa shape index (κ3) is 2.79. The highest BCUT2D eigenvalue weighted by Gasteiger charge is 2.34. The van der Waals surface area contributed by atoms with E-state index in [2.05, 4.69) is 25.2 Å². The van der Waals surface area contributed by atoms with E-state index in [-0.39, 0.29) is 5.41 Å². The lowest BCUT2D eigenvalue weighted by Gasteiger charge is -2.34. The van der Waals surface area contributed by atoms with E-state index in [9.17, 15) is 0 Å². The van der Waals surface area contributed by atoms with Crippen LogP contribution < -0.4 is 5.32 Å². The van der Waals surface area contributed by atoms with Crippen molar-refractivity contribution in [2.24, 2.45) is 5.41 Å². The highest BCUT2D eigenvalue weighted by Crippen LogP contribution is 2.42. The molecule has 0 saturated heterocycles. The molecule has 0 amide bonds. The van der Waals surface area contributed by atoms with E-state index >= 15 is 0 Å². The van der Waals surface area contributed by atoms with Crippen LogP contribution in [0.3, 0.4) is 0 Å². The van der Waals surface area contributed by atoms with Gasteiger partial charge in [0, 0.05) is 18.0 Å². The fourth-order valence-electron chi connectivity index (χ4n) is 3.04. The molecule has 0 aromatic carbocycles. The van der Waals surface area contributed by atoms with E-state index in [1.54, 1.807) is 6.07 Å². The number of hydrogen-bond acceptors (Lipinski definition) is 3. The van der Waals surface area contributed by atoms with Gasteiger partial charge in [-0.05, 0) is 48.6 Å². The van der Waals surface area contributed by atoms with Crippen LogP contribution in [0.25, 0.3) is 0 Å². The molecule has 3 nitrogen and oxygen atoms in total. The van der Waals surface area contributed by atoms with Crippen LogP contribution in [0.2, 0.25) is 5.22 Å². The maximum Gasteiger partial charge on any atom is 0.193 e. The van der Waals surface area contributed by atoms with Gasteiger partial charge in [0.2, 0.25) is 0 Å². The first-order valence-corrected chi connectivity index (χ1v) is 7.37. The Bertz CT molecular complexity index is 612. The van der Waals surface area contributed by atoms with Crippen LogP contribution in [0.15, 0.2) is 27.0 Å². The van der Waals surface area contributed by atoms with E-state index in [1.165, 1.54) is 5.56 Å². The van der Waals surface area contributed by atoms with Crippen molar-refractivity contribution in [3.8, 4) is 0 Å². The molecule has 1 atom stereocenters. The van der Waals surface area contributed by atoms with Gasteiger partial charge in [-0.15, -0.1) is 0 Å². The van der Waals surface area contributed by atoms with Gasteiger partial charge in [0.1, 0.15) is 17.3 Å². The summed E-state index contributed by atoms with van der Waals surface area (Å²) < 4.78 is 11.2. The molecule has 0 saturated carbocycles. The average Bonchev–Trinajstić information content (AvgIpc) is 2.90. The molecule has 1 aliphatic carbocycles. The second-order valence-corrected chi connectivity index (χ2v) is 6.79. The summed E-state index contributed by atoms with van der Waals surface area (Å²) in [6.07, 6.45) is 2.09. The summed E-state index contributed by atoms with van der Waals surface area (Å²) in [4.78, 5) is 0. The van der Waals surface area contributed by atoms with Gasteiger partial charge < -0.3 is 14.2 Å². The minimum Gasteiger partial charge on any atom is -0.466 e. The second-order valence-electron chi connectivity index (χ2n) is 6.42. The Hall–Kier alpha value is -1.19. The largest absolute Gasteiger partial charge is 0.466 e. The van der Waals surface area contributed by atoms with Gasteiger partial charge in [0.25, 0.3) is 0 Å². The van der Waals surface area contributed by atoms with E-state index in [1.807, 2.05) is 13.0 Å². The molecule has 4 heteroatoms. The van der Waals surface area contributed by atoms with E-state index < -0.39 is 0 Å². The van der Waals surface area contributed by atoms with Crippen LogP contribution in [0, 0.1) is 12.3 Å². The van der Waals surface area contributed by atoms with Crippen molar-refractivity contribution >= 4 is 11.6 Å². The molecule has 2 aromatic heterocycles. The van der Waals surface area contributed by atoms with E-state index in [4.69, 9.17) is 20.4 Å². The van der Waals surface area contributed by atoms with Crippen molar-refractivity contribution in [2.75, 3.05) is 0 Å². The standard InChI is InChI=1S/C16H20ClNO2/c1-10-6-12-13(7-16(2,3)8-14(12)19-10)18-9-11-4-5-15(17)20-11/h4-6,13,18H,7-9H2,1-3H3. The number of hydrogen-bond donors (Lipinski definition) is 1. The Morgan fingerprint density at radius 1 is 1.35 bits per heavy atom. The molecule has 0 spiro atoms. The summed E-state index contributed by atoms with van der Waals surface area (Å²) in [5.74, 6) is 2.97. The molecule has 3 rings (SSSR count). The third-order valence-electron chi connectivity index (χ3n) is 3.89. The maximum atomic E-state index is 5.84. The molecular formula is C16H20ClNO2. The molecule has 108 valence electrons. The minimum absolute atomic E-state index is 0.246. The van der Waals surface area contributed by atoms with Crippen molar-refractivity contribution in [1.29, 1.82) is 0 Å². The van der Waals surface area contributed by atoms with Crippen LogP contribution in [0.5, 0.6) is 0 Å². The first kappa shape index (κ1) is 13.8. The quantitative estimate of drug-likeness (QED) is 0.896. The van der Waals surface area contributed by atoms with Gasteiger partial charge in [-0.1, -0.05) is 13.8 Å². The van der Waals surface area contributed by atoms with Crippen LogP contribution in [-0.4, -0.2) is 0 Å². The predicted octanol–water partition coefficient (Wildman–Crippen LogP) is 4.64. The number of rotatable bonds is 3.